The van der Waals surface area contributed by atoms with E-state index in [9.17, 15) is 13.2 Å². The molecule has 5 nitrogen and oxygen atoms in total. The minimum atomic E-state index is -4.18. The Morgan fingerprint density at radius 2 is 2.24 bits per heavy atom. The van der Waals surface area contributed by atoms with Gasteiger partial charge in [-0.05, 0) is 18.9 Å². The van der Waals surface area contributed by atoms with E-state index in [1.54, 1.807) is 7.11 Å². The van der Waals surface area contributed by atoms with Gasteiger partial charge < -0.3 is 15.4 Å². The predicted octanol–water partition coefficient (Wildman–Crippen LogP) is 1.52. The van der Waals surface area contributed by atoms with Crippen LogP contribution in [0.2, 0.25) is 0 Å². The molecule has 2 atom stereocenters. The van der Waals surface area contributed by atoms with Crippen LogP contribution in [0.3, 0.4) is 0 Å². The van der Waals surface area contributed by atoms with Gasteiger partial charge in [0.2, 0.25) is 5.95 Å². The maximum absolute atomic E-state index is 12.3. The van der Waals surface area contributed by atoms with Crippen molar-refractivity contribution in [2.24, 2.45) is 5.73 Å². The van der Waals surface area contributed by atoms with E-state index in [1.807, 2.05) is 4.90 Å². The Balaban J connectivity index is 2.03. The van der Waals surface area contributed by atoms with Gasteiger partial charge in [0.15, 0.2) is 0 Å². The molecule has 1 aliphatic heterocycles. The van der Waals surface area contributed by atoms with Gasteiger partial charge in [0.05, 0.1) is 6.10 Å². The molecule has 0 unspecified atom stereocenters. The van der Waals surface area contributed by atoms with Crippen molar-refractivity contribution in [3.8, 4) is 0 Å². The minimum Gasteiger partial charge on any atom is -0.378 e. The monoisotopic (exact) mass is 304 g/mol. The average Bonchev–Trinajstić information content (AvgIpc) is 2.45. The molecule has 0 aromatic carbocycles. The highest BCUT2D eigenvalue weighted by Gasteiger charge is 2.29. The molecule has 2 rings (SSSR count). The Kier molecular flexibility index (Phi) is 5.00. The summed E-state index contributed by atoms with van der Waals surface area (Å²) in [4.78, 5) is 10.2. The second-order valence-electron chi connectivity index (χ2n) is 5.14. The normalized spacial score (nSPS) is 23.4. The summed E-state index contributed by atoms with van der Waals surface area (Å²) in [5, 5.41) is 0. The van der Waals surface area contributed by atoms with Crippen LogP contribution < -0.4 is 10.6 Å². The largest absolute Gasteiger partial charge is 0.389 e. The second-order valence-corrected chi connectivity index (χ2v) is 5.14. The molecule has 1 saturated heterocycles. The number of alkyl halides is 3. The predicted molar refractivity (Wildman–Crippen MR) is 72.0 cm³/mol. The van der Waals surface area contributed by atoms with Crippen LogP contribution in [0, 0.1) is 0 Å². The number of nitrogens with two attached hydrogens (primary N) is 1. The van der Waals surface area contributed by atoms with Crippen LogP contribution in [-0.2, 0) is 11.2 Å². The lowest BCUT2D eigenvalue weighted by molar-refractivity contribution is -0.134. The van der Waals surface area contributed by atoms with Crippen LogP contribution >= 0.6 is 0 Å². The van der Waals surface area contributed by atoms with Crippen LogP contribution in [-0.4, -0.2) is 48.5 Å². The van der Waals surface area contributed by atoms with Gasteiger partial charge in [-0.1, -0.05) is 0 Å². The van der Waals surface area contributed by atoms with E-state index < -0.39 is 12.6 Å². The first kappa shape index (κ1) is 16.0. The Hall–Kier alpha value is -1.41. The van der Waals surface area contributed by atoms with E-state index in [2.05, 4.69) is 9.97 Å². The van der Waals surface area contributed by atoms with Crippen molar-refractivity contribution >= 4 is 5.95 Å². The summed E-state index contributed by atoms with van der Waals surface area (Å²) >= 11 is 0. The number of methoxy groups -OCH3 is 1. The molecule has 0 bridgehead atoms. The molecule has 1 aliphatic rings. The van der Waals surface area contributed by atoms with Crippen molar-refractivity contribution in [2.45, 2.75) is 37.6 Å². The molecule has 0 amide bonds. The maximum Gasteiger partial charge on any atom is 0.389 e. The van der Waals surface area contributed by atoms with Gasteiger partial charge in [0.1, 0.15) is 0 Å². The molecule has 0 spiro atoms. The van der Waals surface area contributed by atoms with E-state index in [4.69, 9.17) is 10.5 Å². The van der Waals surface area contributed by atoms with E-state index >= 15 is 0 Å². The first-order valence-electron chi connectivity index (χ1n) is 6.81. The number of aromatic nitrogens is 2. The van der Waals surface area contributed by atoms with Crippen molar-refractivity contribution in [3.05, 3.63) is 18.0 Å². The van der Waals surface area contributed by atoms with Gasteiger partial charge >= 0.3 is 6.18 Å². The number of hydrogen-bond acceptors (Lipinski definition) is 5. The zero-order valence-electron chi connectivity index (χ0n) is 11.8. The molecule has 118 valence electrons. The standard InChI is InChI=1S/C13H19F3N4O/c1-21-11-8-20(7-4-10(11)17)12-18-6-3-9(19-12)2-5-13(14,15)16/h3,6,10-11H,2,4-5,7-8,17H2,1H3/t10-,11+/m1/s1. The third-order valence-electron chi connectivity index (χ3n) is 3.56. The third-order valence-corrected chi connectivity index (χ3v) is 3.56. The molecule has 1 fully saturated rings. The second kappa shape index (κ2) is 6.57. The van der Waals surface area contributed by atoms with E-state index in [1.165, 1.54) is 12.3 Å². The van der Waals surface area contributed by atoms with Gasteiger partial charge in [0, 0.05) is 44.6 Å². The highest BCUT2D eigenvalue weighted by atomic mass is 19.4. The van der Waals surface area contributed by atoms with E-state index in [0.29, 0.717) is 24.7 Å². The van der Waals surface area contributed by atoms with Crippen LogP contribution in [0.5, 0.6) is 0 Å². The highest BCUT2D eigenvalue weighted by molar-refractivity contribution is 5.32. The summed E-state index contributed by atoms with van der Waals surface area (Å²) in [6.45, 7) is 1.21. The lowest BCUT2D eigenvalue weighted by Crippen LogP contribution is -2.52. The van der Waals surface area contributed by atoms with Crippen molar-refractivity contribution in [2.75, 3.05) is 25.1 Å². The van der Waals surface area contributed by atoms with Crippen LogP contribution in [0.1, 0.15) is 18.5 Å². The number of halogens is 3. The first-order valence-corrected chi connectivity index (χ1v) is 6.81. The van der Waals surface area contributed by atoms with E-state index in [-0.39, 0.29) is 18.6 Å². The molecule has 0 aliphatic carbocycles. The van der Waals surface area contributed by atoms with Gasteiger partial charge in [-0.3, -0.25) is 0 Å². The Bertz CT molecular complexity index is 469. The van der Waals surface area contributed by atoms with Crippen LogP contribution in [0.15, 0.2) is 12.3 Å². The molecule has 21 heavy (non-hydrogen) atoms. The summed E-state index contributed by atoms with van der Waals surface area (Å²) in [5.41, 5.74) is 6.33. The summed E-state index contributed by atoms with van der Waals surface area (Å²) in [5.74, 6) is 0.434. The zero-order chi connectivity index (χ0) is 15.5. The number of ether oxygens (including phenoxy) is 1. The lowest BCUT2D eigenvalue weighted by Gasteiger charge is -2.36. The third kappa shape index (κ3) is 4.53. The molecule has 8 heteroatoms. The maximum atomic E-state index is 12.3. The zero-order valence-corrected chi connectivity index (χ0v) is 11.8. The number of piperidine rings is 1. The molecule has 1 aromatic heterocycles. The number of aryl methyl sites for hydroxylation is 1. The minimum absolute atomic E-state index is 0.0420. The molecule has 0 saturated carbocycles. The average molecular weight is 304 g/mol. The molecule has 1 aromatic rings. The quantitative estimate of drug-likeness (QED) is 0.914. The Morgan fingerprint density at radius 1 is 1.48 bits per heavy atom. The fraction of sp³-hybridized carbons (Fsp3) is 0.692. The summed E-state index contributed by atoms with van der Waals surface area (Å²) < 4.78 is 42.1. The van der Waals surface area contributed by atoms with Gasteiger partial charge in [-0.15, -0.1) is 0 Å². The van der Waals surface area contributed by atoms with Crippen molar-refractivity contribution < 1.29 is 17.9 Å². The van der Waals surface area contributed by atoms with E-state index in [0.717, 1.165) is 6.42 Å². The Morgan fingerprint density at radius 3 is 2.90 bits per heavy atom. The molecule has 2 N–H and O–H groups in total. The highest BCUT2D eigenvalue weighted by Crippen LogP contribution is 2.22. The fourth-order valence-electron chi connectivity index (χ4n) is 2.31. The summed E-state index contributed by atoms with van der Waals surface area (Å²) in [6.07, 6.45) is -3.10. The summed E-state index contributed by atoms with van der Waals surface area (Å²) in [7, 11) is 1.59. The molecular formula is C13H19F3N4O. The number of nitrogens with zero attached hydrogens (tertiary/aromatic N) is 3. The van der Waals surface area contributed by atoms with Gasteiger partial charge in [-0.2, -0.15) is 13.2 Å². The molecule has 0 radical (unpaired) electrons. The molecular weight excluding hydrogens is 285 g/mol. The van der Waals surface area contributed by atoms with Gasteiger partial charge in [0.25, 0.3) is 0 Å². The smallest absolute Gasteiger partial charge is 0.378 e. The SMILES string of the molecule is CO[C@H]1CN(c2nccc(CCC(F)(F)F)n2)CC[C@H]1N. The van der Waals surface area contributed by atoms with Crippen molar-refractivity contribution in [1.29, 1.82) is 0 Å². The first-order chi connectivity index (χ1) is 9.89. The summed E-state index contributed by atoms with van der Waals surface area (Å²) in [6, 6.07) is 1.47. The number of rotatable bonds is 4. The topological polar surface area (TPSA) is 64.3 Å². The van der Waals surface area contributed by atoms with Gasteiger partial charge in [-0.25, -0.2) is 9.97 Å². The van der Waals surface area contributed by atoms with Crippen molar-refractivity contribution in [3.63, 3.8) is 0 Å². The number of hydrogen-bond donors (Lipinski definition) is 1. The van der Waals surface area contributed by atoms with Crippen LogP contribution in [0.25, 0.3) is 0 Å². The fourth-order valence-corrected chi connectivity index (χ4v) is 2.31. The van der Waals surface area contributed by atoms with Crippen LogP contribution in [0.4, 0.5) is 19.1 Å². The Labute approximate surface area is 121 Å². The molecule has 2 heterocycles. The van der Waals surface area contributed by atoms with Crippen molar-refractivity contribution in [1.82, 2.24) is 9.97 Å². The number of anilines is 1. The lowest BCUT2D eigenvalue weighted by atomic mass is 10.0.